The number of carbonyl (C=O) groups is 2. The lowest BCUT2D eigenvalue weighted by molar-refractivity contribution is -0.121. The Morgan fingerprint density at radius 2 is 1.90 bits per heavy atom. The van der Waals surface area contributed by atoms with E-state index in [1.807, 2.05) is 65.7 Å². The van der Waals surface area contributed by atoms with E-state index in [9.17, 15) is 9.59 Å². The molecule has 0 unspecified atom stereocenters. The summed E-state index contributed by atoms with van der Waals surface area (Å²) in [6.07, 6.45) is 0.267. The maximum atomic E-state index is 13.3. The van der Waals surface area contributed by atoms with E-state index in [0.29, 0.717) is 13.1 Å². The van der Waals surface area contributed by atoms with Crippen molar-refractivity contribution in [3.63, 3.8) is 0 Å². The van der Waals surface area contributed by atoms with E-state index in [2.05, 4.69) is 22.4 Å². The van der Waals surface area contributed by atoms with Crippen LogP contribution in [0.25, 0.3) is 10.9 Å². The number of nitrogens with one attached hydrogen (secondary N) is 2. The van der Waals surface area contributed by atoms with Crippen LogP contribution >= 0.6 is 11.3 Å². The van der Waals surface area contributed by atoms with Gasteiger partial charge in [0.1, 0.15) is 0 Å². The zero-order valence-corrected chi connectivity index (χ0v) is 18.0. The first kappa shape index (κ1) is 19.6. The highest BCUT2D eigenvalue weighted by molar-refractivity contribution is 7.09. The van der Waals surface area contributed by atoms with Crippen molar-refractivity contribution in [2.45, 2.75) is 25.9 Å². The van der Waals surface area contributed by atoms with Crippen LogP contribution in [0.3, 0.4) is 0 Å². The van der Waals surface area contributed by atoms with Crippen molar-refractivity contribution in [3.05, 3.63) is 93.3 Å². The quantitative estimate of drug-likeness (QED) is 0.463. The molecule has 2 N–H and O–H groups in total. The topological polar surface area (TPSA) is 65.2 Å². The van der Waals surface area contributed by atoms with Gasteiger partial charge in [-0.3, -0.25) is 9.59 Å². The highest BCUT2D eigenvalue weighted by Crippen LogP contribution is 2.42. The Labute approximate surface area is 184 Å². The number of fused-ring (bicyclic) bond motifs is 2. The lowest BCUT2D eigenvalue weighted by Crippen LogP contribution is -2.33. The molecule has 0 fully saturated rings. The van der Waals surface area contributed by atoms with E-state index in [1.54, 1.807) is 11.3 Å². The second-order valence-corrected chi connectivity index (χ2v) is 8.84. The van der Waals surface area contributed by atoms with Crippen LogP contribution in [-0.2, 0) is 11.3 Å². The standard InChI is InChI=1S/C25H23N3O2S/c1-16-23(20-10-4-5-11-21(20)27-16)24-18-8-2-3-9-19(18)25(30)28(24)13-12-22(29)26-15-17-7-6-14-31-17/h2-11,14,24,27H,12-13,15H2,1H3,(H,26,29)/t24-/m1/s1. The van der Waals surface area contributed by atoms with E-state index in [0.717, 1.165) is 38.2 Å². The van der Waals surface area contributed by atoms with E-state index < -0.39 is 0 Å². The fourth-order valence-electron chi connectivity index (χ4n) is 4.47. The summed E-state index contributed by atoms with van der Waals surface area (Å²) < 4.78 is 0. The molecule has 31 heavy (non-hydrogen) atoms. The highest BCUT2D eigenvalue weighted by atomic mass is 32.1. The fourth-order valence-corrected chi connectivity index (χ4v) is 5.12. The minimum absolute atomic E-state index is 0.0173. The summed E-state index contributed by atoms with van der Waals surface area (Å²) >= 11 is 1.62. The summed E-state index contributed by atoms with van der Waals surface area (Å²) in [5, 5.41) is 6.07. The first-order valence-corrected chi connectivity index (χ1v) is 11.3. The molecule has 3 heterocycles. The smallest absolute Gasteiger partial charge is 0.255 e. The lowest BCUT2D eigenvalue weighted by atomic mass is 9.95. The number of aryl methyl sites for hydroxylation is 1. The first-order valence-electron chi connectivity index (χ1n) is 10.4. The van der Waals surface area contributed by atoms with Gasteiger partial charge in [0.25, 0.3) is 5.91 Å². The zero-order chi connectivity index (χ0) is 21.4. The molecule has 5 nitrogen and oxygen atoms in total. The van der Waals surface area contributed by atoms with Crippen molar-refractivity contribution in [3.8, 4) is 0 Å². The summed E-state index contributed by atoms with van der Waals surface area (Å²) in [6, 6.07) is 19.7. The summed E-state index contributed by atoms with van der Waals surface area (Å²) in [5.41, 5.74) is 4.92. The van der Waals surface area contributed by atoms with Crippen LogP contribution in [0, 0.1) is 6.92 Å². The Hall–Kier alpha value is -3.38. The monoisotopic (exact) mass is 429 g/mol. The van der Waals surface area contributed by atoms with Crippen molar-refractivity contribution >= 4 is 34.1 Å². The van der Waals surface area contributed by atoms with Gasteiger partial charge in [0, 0.05) is 45.6 Å². The lowest BCUT2D eigenvalue weighted by Gasteiger charge is -2.26. The molecule has 1 aliphatic heterocycles. The minimum atomic E-state index is -0.204. The molecule has 0 spiro atoms. The average molecular weight is 430 g/mol. The summed E-state index contributed by atoms with van der Waals surface area (Å²) in [7, 11) is 0. The normalized spacial score (nSPS) is 15.5. The van der Waals surface area contributed by atoms with Gasteiger partial charge in [0.15, 0.2) is 0 Å². The van der Waals surface area contributed by atoms with Gasteiger partial charge in [-0.25, -0.2) is 0 Å². The summed E-state index contributed by atoms with van der Waals surface area (Å²) in [5.74, 6) is -0.0668. The molecule has 6 heteroatoms. The molecule has 2 amide bonds. The third-order valence-electron chi connectivity index (χ3n) is 5.89. The number of H-pyrrole nitrogens is 1. The number of benzene rings is 2. The number of carbonyl (C=O) groups excluding carboxylic acids is 2. The molecule has 0 saturated carbocycles. The first-order chi connectivity index (χ1) is 15.1. The van der Waals surface area contributed by atoms with Crippen molar-refractivity contribution in [2.75, 3.05) is 6.54 Å². The number of hydrogen-bond donors (Lipinski definition) is 2. The average Bonchev–Trinajstić information content (AvgIpc) is 3.48. The summed E-state index contributed by atoms with van der Waals surface area (Å²) in [6.45, 7) is 2.94. The van der Waals surface area contributed by atoms with Gasteiger partial charge in [-0.1, -0.05) is 42.5 Å². The molecule has 1 atom stereocenters. The van der Waals surface area contributed by atoms with Crippen molar-refractivity contribution in [1.29, 1.82) is 0 Å². The van der Waals surface area contributed by atoms with E-state index >= 15 is 0 Å². The Morgan fingerprint density at radius 1 is 1.10 bits per heavy atom. The number of thiophene rings is 1. The van der Waals surface area contributed by atoms with Crippen molar-refractivity contribution < 1.29 is 9.59 Å². The molecule has 2 aromatic heterocycles. The molecule has 0 saturated heterocycles. The van der Waals surface area contributed by atoms with Crippen LogP contribution in [0.5, 0.6) is 0 Å². The van der Waals surface area contributed by atoms with Crippen LogP contribution in [0.4, 0.5) is 0 Å². The summed E-state index contributed by atoms with van der Waals surface area (Å²) in [4.78, 5) is 32.2. The van der Waals surface area contributed by atoms with E-state index in [1.165, 1.54) is 0 Å². The number of rotatable bonds is 6. The predicted octanol–water partition coefficient (Wildman–Crippen LogP) is 4.79. The molecule has 0 radical (unpaired) electrons. The van der Waals surface area contributed by atoms with Crippen LogP contribution in [0.15, 0.2) is 66.0 Å². The molecule has 2 aromatic carbocycles. The third-order valence-corrected chi connectivity index (χ3v) is 6.77. The SMILES string of the molecule is Cc1[nH]c2ccccc2c1[C@H]1c2ccccc2C(=O)N1CCC(=O)NCc1cccs1. The number of aromatic amines is 1. The minimum Gasteiger partial charge on any atom is -0.358 e. The molecule has 0 bridgehead atoms. The number of hydrogen-bond acceptors (Lipinski definition) is 3. The number of aromatic nitrogens is 1. The van der Waals surface area contributed by atoms with Gasteiger partial charge in [-0.15, -0.1) is 11.3 Å². The van der Waals surface area contributed by atoms with Crippen LogP contribution in [-0.4, -0.2) is 28.2 Å². The Morgan fingerprint density at radius 3 is 2.74 bits per heavy atom. The zero-order valence-electron chi connectivity index (χ0n) is 17.2. The Bertz CT molecular complexity index is 1260. The maximum absolute atomic E-state index is 13.3. The van der Waals surface area contributed by atoms with Gasteiger partial charge >= 0.3 is 0 Å². The van der Waals surface area contributed by atoms with Gasteiger partial charge in [-0.2, -0.15) is 0 Å². The Kier molecular flexibility index (Phi) is 5.08. The van der Waals surface area contributed by atoms with Crippen LogP contribution < -0.4 is 5.32 Å². The van der Waals surface area contributed by atoms with Crippen LogP contribution in [0.1, 0.15) is 44.5 Å². The van der Waals surface area contributed by atoms with Crippen molar-refractivity contribution in [1.82, 2.24) is 15.2 Å². The number of amides is 2. The number of para-hydroxylation sites is 1. The van der Waals surface area contributed by atoms with E-state index in [4.69, 9.17) is 0 Å². The molecule has 5 rings (SSSR count). The third kappa shape index (κ3) is 3.53. The van der Waals surface area contributed by atoms with Gasteiger partial charge in [0.05, 0.1) is 12.6 Å². The van der Waals surface area contributed by atoms with Gasteiger partial charge in [-0.05, 0) is 36.1 Å². The predicted molar refractivity (Wildman–Crippen MR) is 123 cm³/mol. The second-order valence-electron chi connectivity index (χ2n) is 7.80. The molecule has 156 valence electrons. The molecule has 1 aliphatic rings. The second kappa shape index (κ2) is 8.04. The van der Waals surface area contributed by atoms with Gasteiger partial charge < -0.3 is 15.2 Å². The number of nitrogens with zero attached hydrogens (tertiary/aromatic N) is 1. The largest absolute Gasteiger partial charge is 0.358 e. The molecular formula is C25H23N3O2S. The Balaban J connectivity index is 1.43. The van der Waals surface area contributed by atoms with Gasteiger partial charge in [0.2, 0.25) is 5.91 Å². The molecule has 0 aliphatic carbocycles. The molecule has 4 aromatic rings. The van der Waals surface area contributed by atoms with E-state index in [-0.39, 0.29) is 24.3 Å². The van der Waals surface area contributed by atoms with Crippen LogP contribution in [0.2, 0.25) is 0 Å². The highest BCUT2D eigenvalue weighted by Gasteiger charge is 2.39. The van der Waals surface area contributed by atoms with Crippen molar-refractivity contribution in [2.24, 2.45) is 0 Å². The fraction of sp³-hybridized carbons (Fsp3) is 0.200. The molecular weight excluding hydrogens is 406 g/mol. The maximum Gasteiger partial charge on any atom is 0.255 e.